The lowest BCUT2D eigenvalue weighted by molar-refractivity contribution is -0.147. The first-order chi connectivity index (χ1) is 12.5. The van der Waals surface area contributed by atoms with E-state index in [1.807, 2.05) is 0 Å². The molecule has 0 aliphatic heterocycles. The lowest BCUT2D eigenvalue weighted by Gasteiger charge is -2.10. The minimum Gasteiger partial charge on any atom is -0.493 e. The van der Waals surface area contributed by atoms with Gasteiger partial charge in [0.15, 0.2) is 18.1 Å². The van der Waals surface area contributed by atoms with Gasteiger partial charge in [0.25, 0.3) is 5.91 Å². The molecule has 0 heterocycles. The molecule has 0 aromatic heterocycles. The van der Waals surface area contributed by atoms with Crippen LogP contribution < -0.4 is 14.8 Å². The number of ether oxygens (including phenoxy) is 3. The molecule has 1 amide bonds. The molecule has 0 atom stereocenters. The summed E-state index contributed by atoms with van der Waals surface area (Å²) in [6.07, 6.45) is -0.0965. The standard InChI is InChI=1S/C19H20FNO5/c1-24-16-7-6-14(9-17(16)25-2)11-21-18(22)12-26-19(23)10-13-4-3-5-15(20)8-13/h3-9H,10-12H2,1-2H3,(H,21,22). The molecule has 0 unspecified atom stereocenters. The van der Waals surface area contributed by atoms with Crippen LogP contribution >= 0.6 is 0 Å². The van der Waals surface area contributed by atoms with Crippen LogP contribution in [-0.2, 0) is 27.3 Å². The van der Waals surface area contributed by atoms with E-state index >= 15 is 0 Å². The highest BCUT2D eigenvalue weighted by Gasteiger charge is 2.10. The lowest BCUT2D eigenvalue weighted by atomic mass is 10.1. The SMILES string of the molecule is COc1ccc(CNC(=O)COC(=O)Cc2cccc(F)c2)cc1OC. The molecule has 0 aliphatic carbocycles. The Morgan fingerprint density at radius 2 is 1.77 bits per heavy atom. The van der Waals surface area contributed by atoms with Crippen LogP contribution in [-0.4, -0.2) is 32.7 Å². The largest absolute Gasteiger partial charge is 0.493 e. The lowest BCUT2D eigenvalue weighted by Crippen LogP contribution is -2.28. The Morgan fingerprint density at radius 3 is 2.46 bits per heavy atom. The summed E-state index contributed by atoms with van der Waals surface area (Å²) in [5.41, 5.74) is 1.29. The van der Waals surface area contributed by atoms with Crippen LogP contribution in [0, 0.1) is 5.82 Å². The Morgan fingerprint density at radius 1 is 1.00 bits per heavy atom. The number of amides is 1. The predicted molar refractivity (Wildman–Crippen MR) is 92.5 cm³/mol. The van der Waals surface area contributed by atoms with Gasteiger partial charge in [-0.05, 0) is 35.4 Å². The second kappa shape index (κ2) is 9.41. The Balaban J connectivity index is 1.77. The van der Waals surface area contributed by atoms with Crippen LogP contribution in [0.25, 0.3) is 0 Å². The van der Waals surface area contributed by atoms with E-state index in [9.17, 15) is 14.0 Å². The fourth-order valence-electron chi connectivity index (χ4n) is 2.25. The van der Waals surface area contributed by atoms with E-state index in [0.29, 0.717) is 17.1 Å². The molecule has 2 aromatic carbocycles. The minimum absolute atomic E-state index is 0.0965. The maximum Gasteiger partial charge on any atom is 0.310 e. The van der Waals surface area contributed by atoms with Gasteiger partial charge >= 0.3 is 5.97 Å². The second-order valence-corrected chi connectivity index (χ2v) is 5.43. The van der Waals surface area contributed by atoms with Crippen molar-refractivity contribution in [2.75, 3.05) is 20.8 Å². The molecule has 0 aliphatic rings. The molecule has 0 spiro atoms. The zero-order chi connectivity index (χ0) is 18.9. The van der Waals surface area contributed by atoms with Crippen molar-refractivity contribution in [2.24, 2.45) is 0 Å². The van der Waals surface area contributed by atoms with Gasteiger partial charge in [-0.15, -0.1) is 0 Å². The molecule has 1 N–H and O–H groups in total. The zero-order valence-corrected chi connectivity index (χ0v) is 14.6. The normalized spacial score (nSPS) is 10.1. The van der Waals surface area contributed by atoms with Gasteiger partial charge in [-0.3, -0.25) is 9.59 Å². The van der Waals surface area contributed by atoms with Crippen molar-refractivity contribution >= 4 is 11.9 Å². The van der Waals surface area contributed by atoms with Crippen LogP contribution in [0.5, 0.6) is 11.5 Å². The zero-order valence-electron chi connectivity index (χ0n) is 14.6. The number of carbonyl (C=O) groups is 2. The summed E-state index contributed by atoms with van der Waals surface area (Å²) < 4.78 is 28.3. The predicted octanol–water partition coefficient (Wildman–Crippen LogP) is 2.25. The van der Waals surface area contributed by atoms with Gasteiger partial charge in [0.05, 0.1) is 20.6 Å². The molecule has 2 aromatic rings. The maximum absolute atomic E-state index is 13.1. The van der Waals surface area contributed by atoms with Gasteiger partial charge in [-0.25, -0.2) is 4.39 Å². The molecule has 6 nitrogen and oxygen atoms in total. The van der Waals surface area contributed by atoms with E-state index in [1.165, 1.54) is 32.4 Å². The molecule has 138 valence electrons. The summed E-state index contributed by atoms with van der Waals surface area (Å²) in [6, 6.07) is 10.9. The van der Waals surface area contributed by atoms with E-state index < -0.39 is 24.3 Å². The van der Waals surface area contributed by atoms with Crippen LogP contribution in [0.1, 0.15) is 11.1 Å². The van der Waals surface area contributed by atoms with E-state index in [2.05, 4.69) is 5.32 Å². The minimum atomic E-state index is -0.600. The Labute approximate surface area is 150 Å². The van der Waals surface area contributed by atoms with Crippen molar-refractivity contribution in [3.05, 3.63) is 59.4 Å². The number of halogens is 1. The first-order valence-corrected chi connectivity index (χ1v) is 7.89. The summed E-state index contributed by atoms with van der Waals surface area (Å²) in [5.74, 6) is -0.318. The highest BCUT2D eigenvalue weighted by atomic mass is 19.1. The number of methoxy groups -OCH3 is 2. The summed E-state index contributed by atoms with van der Waals surface area (Å²) >= 11 is 0. The van der Waals surface area contributed by atoms with Crippen molar-refractivity contribution in [2.45, 2.75) is 13.0 Å². The fourth-order valence-corrected chi connectivity index (χ4v) is 2.25. The summed E-state index contributed by atoms with van der Waals surface area (Å²) in [6.45, 7) is -0.151. The Bertz CT molecular complexity index is 778. The number of nitrogens with one attached hydrogen (secondary N) is 1. The molecule has 2 rings (SSSR count). The van der Waals surface area contributed by atoms with Crippen LogP contribution in [0.4, 0.5) is 4.39 Å². The molecule has 0 saturated heterocycles. The highest BCUT2D eigenvalue weighted by Crippen LogP contribution is 2.27. The number of esters is 1. The Hall–Kier alpha value is -3.09. The van der Waals surface area contributed by atoms with Crippen molar-refractivity contribution in [3.8, 4) is 11.5 Å². The average molecular weight is 361 g/mol. The molecular weight excluding hydrogens is 341 g/mol. The van der Waals surface area contributed by atoms with Crippen LogP contribution in [0.2, 0.25) is 0 Å². The number of hydrogen-bond acceptors (Lipinski definition) is 5. The van der Waals surface area contributed by atoms with E-state index in [-0.39, 0.29) is 13.0 Å². The summed E-state index contributed by atoms with van der Waals surface area (Å²) in [7, 11) is 3.07. The number of hydrogen-bond donors (Lipinski definition) is 1. The summed E-state index contributed by atoms with van der Waals surface area (Å²) in [5, 5.41) is 2.64. The first-order valence-electron chi connectivity index (χ1n) is 7.89. The topological polar surface area (TPSA) is 73.9 Å². The second-order valence-electron chi connectivity index (χ2n) is 5.43. The van der Waals surface area contributed by atoms with Crippen molar-refractivity contribution in [1.82, 2.24) is 5.32 Å². The Kier molecular flexibility index (Phi) is 6.96. The average Bonchev–Trinajstić information content (AvgIpc) is 2.64. The van der Waals surface area contributed by atoms with Crippen molar-refractivity contribution in [1.29, 1.82) is 0 Å². The van der Waals surface area contributed by atoms with Crippen molar-refractivity contribution < 1.29 is 28.2 Å². The monoisotopic (exact) mass is 361 g/mol. The van der Waals surface area contributed by atoms with Gasteiger partial charge in [-0.2, -0.15) is 0 Å². The maximum atomic E-state index is 13.1. The van der Waals surface area contributed by atoms with Gasteiger partial charge in [0, 0.05) is 6.54 Å². The van der Waals surface area contributed by atoms with E-state index in [4.69, 9.17) is 14.2 Å². The number of benzene rings is 2. The third-order valence-corrected chi connectivity index (χ3v) is 3.54. The number of rotatable bonds is 8. The molecular formula is C19H20FNO5. The molecule has 0 bridgehead atoms. The van der Waals surface area contributed by atoms with Crippen LogP contribution in [0.3, 0.4) is 0 Å². The van der Waals surface area contributed by atoms with Gasteiger partial charge in [0.1, 0.15) is 5.82 Å². The molecule has 26 heavy (non-hydrogen) atoms. The van der Waals surface area contributed by atoms with Gasteiger partial charge in [0.2, 0.25) is 0 Å². The molecule has 0 fully saturated rings. The van der Waals surface area contributed by atoms with Crippen molar-refractivity contribution in [3.63, 3.8) is 0 Å². The number of carbonyl (C=O) groups excluding carboxylic acids is 2. The molecule has 0 radical (unpaired) electrons. The van der Waals surface area contributed by atoms with Gasteiger partial charge < -0.3 is 19.5 Å². The van der Waals surface area contributed by atoms with E-state index in [1.54, 1.807) is 24.3 Å². The third-order valence-electron chi connectivity index (χ3n) is 3.54. The quantitative estimate of drug-likeness (QED) is 0.730. The van der Waals surface area contributed by atoms with E-state index in [0.717, 1.165) is 5.56 Å². The molecule has 0 saturated carbocycles. The fraction of sp³-hybridized carbons (Fsp3) is 0.263. The molecule has 7 heteroatoms. The van der Waals surface area contributed by atoms with Gasteiger partial charge in [-0.1, -0.05) is 18.2 Å². The summed E-state index contributed by atoms with van der Waals surface area (Å²) in [4.78, 5) is 23.5. The smallest absolute Gasteiger partial charge is 0.310 e. The third kappa shape index (κ3) is 5.77. The van der Waals surface area contributed by atoms with Crippen LogP contribution in [0.15, 0.2) is 42.5 Å². The first kappa shape index (κ1) is 19.2. The highest BCUT2D eigenvalue weighted by molar-refractivity contribution is 5.81.